The highest BCUT2D eigenvalue weighted by molar-refractivity contribution is 6.12. The lowest BCUT2D eigenvalue weighted by Gasteiger charge is -2.32. The largest absolute Gasteiger partial charge is 0.397 e. The number of hydrogen-bond acceptors (Lipinski definition) is 5. The molecule has 17 rings (SSSR count). The van der Waals surface area contributed by atoms with Crippen molar-refractivity contribution in [1.82, 2.24) is 23.1 Å². The highest BCUT2D eigenvalue weighted by Gasteiger charge is 2.32. The number of imidazole rings is 2. The number of benzene rings is 13. The van der Waals surface area contributed by atoms with Gasteiger partial charge < -0.3 is 25.1 Å². The Hall–Kier alpha value is -12.4. The minimum atomic E-state index is 0.239. The molecular formula is C81H55N9. The van der Waals surface area contributed by atoms with E-state index in [1.807, 2.05) is 18.2 Å². The second-order valence-corrected chi connectivity index (χ2v) is 22.9. The van der Waals surface area contributed by atoms with E-state index in [2.05, 4.69) is 320 Å². The van der Waals surface area contributed by atoms with Crippen LogP contribution in [0.2, 0.25) is 0 Å². The van der Waals surface area contributed by atoms with Crippen molar-refractivity contribution in [2.24, 2.45) is 0 Å². The van der Waals surface area contributed by atoms with Gasteiger partial charge in [-0.3, -0.25) is 8.97 Å². The predicted octanol–water partition coefficient (Wildman–Crippen LogP) is 20.0. The third-order valence-electron chi connectivity index (χ3n) is 17.9. The van der Waals surface area contributed by atoms with Crippen LogP contribution in [0.5, 0.6) is 0 Å². The van der Waals surface area contributed by atoms with Crippen molar-refractivity contribution in [3.05, 3.63) is 309 Å². The fourth-order valence-electron chi connectivity index (χ4n) is 13.7. The Morgan fingerprint density at radius 2 is 0.811 bits per heavy atom. The van der Waals surface area contributed by atoms with Crippen LogP contribution in [0.25, 0.3) is 133 Å². The van der Waals surface area contributed by atoms with Crippen LogP contribution in [0.4, 0.5) is 22.7 Å². The van der Waals surface area contributed by atoms with Gasteiger partial charge in [0.05, 0.1) is 84.9 Å². The van der Waals surface area contributed by atoms with E-state index in [9.17, 15) is 5.26 Å². The standard InChI is InChI=1S/C81H55N9/c82-51-66-79(88-72-35-19-15-31-64(72)65-32-16-20-36-73(65)88)77(86(61-42-37-57(38-43-61)53-21-5-1-6-22-53)52-84-69-47-58(39-44-67(69)83)54-23-7-2-8-24-54)50-78(87-70-33-17-13-29-62(70)63-30-14-18-34-71(63)87)80(66)90-74-46-41-60(56-27-11-4-12-28-56)49-76(74)89-75-48-59(55-25-9-3-10-26-55)40-45-68(75)85-81(89)90/h1-50,84H,52,83H2. The highest BCUT2D eigenvalue weighted by Crippen LogP contribution is 2.48. The number of nitrogen functional groups attached to an aromatic ring is 1. The zero-order valence-electron chi connectivity index (χ0n) is 48.8. The molecule has 0 aliphatic heterocycles. The zero-order valence-corrected chi connectivity index (χ0v) is 48.8. The molecule has 0 amide bonds. The molecule has 3 N–H and O–H groups in total. The Labute approximate surface area is 518 Å². The SMILES string of the molecule is N#Cc1c(-n2c3ccccc3c3ccccc32)c(N(CNc2cc(-c3ccccc3)ccc2N)c2ccc(-c3ccccc3)cc2)cc(-n2c3ccccc3c3ccccc32)c1-n1c2ccc(-c3ccccc3)cc2n2c3cc(-c4ccccc4)ccc3nc12. The second-order valence-electron chi connectivity index (χ2n) is 22.9. The van der Waals surface area contributed by atoms with Crippen molar-refractivity contribution in [2.75, 3.05) is 22.6 Å². The molecule has 13 aromatic carbocycles. The van der Waals surface area contributed by atoms with Gasteiger partial charge in [-0.05, 0) is 123 Å². The molecule has 0 radical (unpaired) electrons. The molecule has 424 valence electrons. The number of nitriles is 1. The number of nitrogens with one attached hydrogen (secondary N) is 1. The van der Waals surface area contributed by atoms with E-state index in [-0.39, 0.29) is 6.67 Å². The van der Waals surface area contributed by atoms with Crippen LogP contribution in [0, 0.1) is 11.3 Å². The lowest BCUT2D eigenvalue weighted by atomic mass is 10.0. The fourth-order valence-corrected chi connectivity index (χ4v) is 13.7. The van der Waals surface area contributed by atoms with E-state index in [4.69, 9.17) is 10.7 Å². The van der Waals surface area contributed by atoms with Gasteiger partial charge in [0.15, 0.2) is 0 Å². The summed E-state index contributed by atoms with van der Waals surface area (Å²) in [5, 5.41) is 21.2. The van der Waals surface area contributed by atoms with Crippen molar-refractivity contribution in [3.8, 4) is 67.6 Å². The minimum Gasteiger partial charge on any atom is -0.397 e. The second kappa shape index (κ2) is 21.2. The molecule has 0 aliphatic rings. The maximum atomic E-state index is 13.0. The average Bonchev–Trinajstić information content (AvgIpc) is 1.49. The summed E-state index contributed by atoms with van der Waals surface area (Å²) in [6.45, 7) is 0.239. The number of aromatic nitrogens is 5. The Bertz CT molecular complexity index is 5570. The molecule has 4 aromatic heterocycles. The molecule has 9 heteroatoms. The molecule has 0 saturated heterocycles. The number of anilines is 4. The maximum absolute atomic E-state index is 13.0. The van der Waals surface area contributed by atoms with Crippen LogP contribution in [-0.4, -0.2) is 29.8 Å². The van der Waals surface area contributed by atoms with Gasteiger partial charge in [0.1, 0.15) is 11.6 Å². The van der Waals surface area contributed by atoms with Crippen molar-refractivity contribution >= 4 is 94.2 Å². The summed E-state index contributed by atoms with van der Waals surface area (Å²) in [7, 11) is 0. The summed E-state index contributed by atoms with van der Waals surface area (Å²) >= 11 is 0. The number of fused-ring (bicyclic) bond motifs is 11. The lowest BCUT2D eigenvalue weighted by Crippen LogP contribution is -2.27. The first-order valence-corrected chi connectivity index (χ1v) is 30.3. The Morgan fingerprint density at radius 1 is 0.378 bits per heavy atom. The quantitative estimate of drug-likeness (QED) is 0.0938. The van der Waals surface area contributed by atoms with Crippen LogP contribution in [0.3, 0.4) is 0 Å². The van der Waals surface area contributed by atoms with E-state index in [0.717, 1.165) is 133 Å². The molecular weight excluding hydrogens is 1100 g/mol. The summed E-state index contributed by atoms with van der Waals surface area (Å²) in [6, 6.07) is 110. The van der Waals surface area contributed by atoms with Crippen molar-refractivity contribution < 1.29 is 0 Å². The summed E-state index contributed by atoms with van der Waals surface area (Å²) in [5.41, 5.74) is 28.8. The summed E-state index contributed by atoms with van der Waals surface area (Å²) in [5.74, 6) is 0.665. The molecule has 90 heavy (non-hydrogen) atoms. The molecule has 17 aromatic rings. The van der Waals surface area contributed by atoms with Gasteiger partial charge in [-0.1, -0.05) is 224 Å². The molecule has 0 atom stereocenters. The highest BCUT2D eigenvalue weighted by atomic mass is 15.3. The molecule has 0 fully saturated rings. The minimum absolute atomic E-state index is 0.239. The third-order valence-corrected chi connectivity index (χ3v) is 17.9. The number of hydrogen-bond donors (Lipinski definition) is 2. The smallest absolute Gasteiger partial charge is 0.220 e. The molecule has 0 bridgehead atoms. The molecule has 0 saturated carbocycles. The molecule has 0 unspecified atom stereocenters. The molecule has 0 aliphatic carbocycles. The van der Waals surface area contributed by atoms with Crippen molar-refractivity contribution in [1.29, 1.82) is 5.26 Å². The Kier molecular flexibility index (Phi) is 12.3. The Morgan fingerprint density at radius 3 is 1.34 bits per heavy atom. The fraction of sp³-hybridized carbons (Fsp3) is 0.0123. The van der Waals surface area contributed by atoms with Crippen LogP contribution in [0.15, 0.2) is 303 Å². The first kappa shape index (κ1) is 52.0. The third kappa shape index (κ3) is 8.42. The van der Waals surface area contributed by atoms with Crippen LogP contribution < -0.4 is 16.0 Å². The van der Waals surface area contributed by atoms with Gasteiger partial charge in [0.25, 0.3) is 0 Å². The van der Waals surface area contributed by atoms with Crippen LogP contribution in [0.1, 0.15) is 5.56 Å². The number of nitrogens with zero attached hydrogens (tertiary/aromatic N) is 7. The summed E-state index contributed by atoms with van der Waals surface area (Å²) in [6.07, 6.45) is 0. The summed E-state index contributed by atoms with van der Waals surface area (Å²) < 4.78 is 9.24. The van der Waals surface area contributed by atoms with Crippen LogP contribution in [-0.2, 0) is 0 Å². The zero-order chi connectivity index (χ0) is 59.8. The van der Waals surface area contributed by atoms with E-state index in [1.165, 1.54) is 0 Å². The van der Waals surface area contributed by atoms with Gasteiger partial charge in [0, 0.05) is 27.2 Å². The lowest BCUT2D eigenvalue weighted by molar-refractivity contribution is 0.994. The summed E-state index contributed by atoms with van der Waals surface area (Å²) in [4.78, 5) is 8.00. The predicted molar refractivity (Wildman–Crippen MR) is 373 cm³/mol. The Balaban J connectivity index is 1.04. The van der Waals surface area contributed by atoms with E-state index >= 15 is 0 Å². The van der Waals surface area contributed by atoms with Gasteiger partial charge in [-0.25, -0.2) is 4.98 Å². The number of para-hydroxylation sites is 4. The van der Waals surface area contributed by atoms with E-state index < -0.39 is 0 Å². The van der Waals surface area contributed by atoms with Gasteiger partial charge in [-0.2, -0.15) is 5.26 Å². The van der Waals surface area contributed by atoms with Crippen molar-refractivity contribution in [3.63, 3.8) is 0 Å². The van der Waals surface area contributed by atoms with Gasteiger partial charge in [0.2, 0.25) is 5.78 Å². The van der Waals surface area contributed by atoms with Gasteiger partial charge >= 0.3 is 0 Å². The van der Waals surface area contributed by atoms with E-state index in [0.29, 0.717) is 28.4 Å². The molecule has 0 spiro atoms. The number of rotatable bonds is 12. The molecule has 4 heterocycles. The van der Waals surface area contributed by atoms with Crippen molar-refractivity contribution in [2.45, 2.75) is 0 Å². The first-order valence-electron chi connectivity index (χ1n) is 30.3. The average molecular weight is 1150 g/mol. The van der Waals surface area contributed by atoms with Crippen LogP contribution >= 0.6 is 0 Å². The normalized spacial score (nSPS) is 11.6. The maximum Gasteiger partial charge on any atom is 0.220 e. The first-order chi connectivity index (χ1) is 44.5. The topological polar surface area (TPSA) is 97.2 Å². The monoisotopic (exact) mass is 1150 g/mol. The number of nitrogens with two attached hydrogens (primary N) is 1. The van der Waals surface area contributed by atoms with E-state index in [1.54, 1.807) is 0 Å². The van der Waals surface area contributed by atoms with Gasteiger partial charge in [-0.15, -0.1) is 0 Å². The molecule has 9 nitrogen and oxygen atoms in total.